The Labute approximate surface area is 131 Å². The first-order valence-electron chi connectivity index (χ1n) is 7.65. The van der Waals surface area contributed by atoms with Crippen molar-refractivity contribution in [1.82, 2.24) is 9.97 Å². The number of rotatable bonds is 3. The zero-order valence-electron chi connectivity index (χ0n) is 13.4. The maximum atomic E-state index is 5.40. The summed E-state index contributed by atoms with van der Waals surface area (Å²) in [4.78, 5) is 11.4. The molecule has 0 atom stereocenters. The van der Waals surface area contributed by atoms with Crippen LogP contribution in [0.3, 0.4) is 0 Å². The summed E-state index contributed by atoms with van der Waals surface area (Å²) >= 11 is 0. The Bertz CT molecular complexity index is 645. The van der Waals surface area contributed by atoms with Gasteiger partial charge in [0.15, 0.2) is 0 Å². The van der Waals surface area contributed by atoms with E-state index in [2.05, 4.69) is 52.2 Å². The highest BCUT2D eigenvalue weighted by Crippen LogP contribution is 2.24. The smallest absolute Gasteiger partial charge is 0.227 e. The highest BCUT2D eigenvalue weighted by atomic mass is 16.5. The number of morpholine rings is 1. The van der Waals surface area contributed by atoms with Gasteiger partial charge >= 0.3 is 0 Å². The van der Waals surface area contributed by atoms with Gasteiger partial charge in [-0.3, -0.25) is 0 Å². The van der Waals surface area contributed by atoms with Crippen molar-refractivity contribution in [3.05, 3.63) is 41.1 Å². The minimum atomic E-state index is 0.733. The molecule has 0 spiro atoms. The van der Waals surface area contributed by atoms with Crippen molar-refractivity contribution in [1.29, 1.82) is 0 Å². The van der Waals surface area contributed by atoms with Gasteiger partial charge in [-0.15, -0.1) is 0 Å². The predicted octanol–water partition coefficient (Wildman–Crippen LogP) is 2.98. The van der Waals surface area contributed by atoms with Gasteiger partial charge < -0.3 is 15.0 Å². The van der Waals surface area contributed by atoms with Crippen LogP contribution in [-0.2, 0) is 4.74 Å². The molecule has 0 amide bonds. The Kier molecular flexibility index (Phi) is 4.24. The molecule has 116 valence electrons. The molecule has 1 aliphatic heterocycles. The number of ether oxygens (including phenoxy) is 1. The molecule has 1 saturated heterocycles. The highest BCUT2D eigenvalue weighted by Gasteiger charge is 2.15. The number of nitrogens with one attached hydrogen (secondary N) is 1. The lowest BCUT2D eigenvalue weighted by Gasteiger charge is -2.27. The number of hydrogen-bond donors (Lipinski definition) is 1. The molecule has 2 heterocycles. The Morgan fingerprint density at radius 3 is 2.41 bits per heavy atom. The molecule has 0 unspecified atom stereocenters. The monoisotopic (exact) mass is 298 g/mol. The zero-order valence-corrected chi connectivity index (χ0v) is 13.4. The lowest BCUT2D eigenvalue weighted by molar-refractivity contribution is 0.122. The maximum absolute atomic E-state index is 5.40. The van der Waals surface area contributed by atoms with Gasteiger partial charge in [-0.25, -0.2) is 4.98 Å². The fraction of sp³-hybridized carbons (Fsp3) is 0.412. The van der Waals surface area contributed by atoms with Crippen LogP contribution in [0.25, 0.3) is 0 Å². The van der Waals surface area contributed by atoms with E-state index in [9.17, 15) is 0 Å². The topological polar surface area (TPSA) is 50.3 Å². The fourth-order valence-electron chi connectivity index (χ4n) is 2.66. The fourth-order valence-corrected chi connectivity index (χ4v) is 2.66. The van der Waals surface area contributed by atoms with Crippen LogP contribution in [0, 0.1) is 20.8 Å². The third kappa shape index (κ3) is 3.20. The van der Waals surface area contributed by atoms with E-state index >= 15 is 0 Å². The van der Waals surface area contributed by atoms with Crippen LogP contribution in [0.2, 0.25) is 0 Å². The van der Waals surface area contributed by atoms with Crippen molar-refractivity contribution in [2.24, 2.45) is 0 Å². The van der Waals surface area contributed by atoms with E-state index in [0.29, 0.717) is 0 Å². The van der Waals surface area contributed by atoms with Crippen LogP contribution in [0.5, 0.6) is 0 Å². The molecule has 3 rings (SSSR count). The molecule has 1 aromatic carbocycles. The van der Waals surface area contributed by atoms with Crippen LogP contribution < -0.4 is 10.2 Å². The Morgan fingerprint density at radius 1 is 1.05 bits per heavy atom. The van der Waals surface area contributed by atoms with Crippen molar-refractivity contribution in [2.75, 3.05) is 36.5 Å². The summed E-state index contributed by atoms with van der Waals surface area (Å²) in [5.41, 5.74) is 4.51. The Morgan fingerprint density at radius 2 is 1.73 bits per heavy atom. The summed E-state index contributed by atoms with van der Waals surface area (Å²) in [5, 5.41) is 3.45. The van der Waals surface area contributed by atoms with Gasteiger partial charge in [0.2, 0.25) is 5.95 Å². The van der Waals surface area contributed by atoms with Gasteiger partial charge in [0.05, 0.1) is 13.2 Å². The van der Waals surface area contributed by atoms with Crippen molar-refractivity contribution >= 4 is 17.5 Å². The van der Waals surface area contributed by atoms with Crippen molar-refractivity contribution in [3.63, 3.8) is 0 Å². The standard InChI is InChI=1S/C17H22N4O/c1-12-5-4-6-13(2)16(12)19-15-11-14(3)18-17(20-15)21-7-9-22-10-8-21/h4-6,11H,7-10H2,1-3H3,(H,18,19,20). The summed E-state index contributed by atoms with van der Waals surface area (Å²) in [6, 6.07) is 8.26. The van der Waals surface area contributed by atoms with E-state index < -0.39 is 0 Å². The van der Waals surface area contributed by atoms with Crippen LogP contribution in [0.4, 0.5) is 17.5 Å². The molecule has 0 aliphatic carbocycles. The predicted molar refractivity (Wildman–Crippen MR) is 89.0 cm³/mol. The number of benzene rings is 1. The SMILES string of the molecule is Cc1cc(Nc2c(C)cccc2C)nc(N2CCOCC2)n1. The van der Waals surface area contributed by atoms with E-state index in [1.165, 1.54) is 11.1 Å². The quantitative estimate of drug-likeness (QED) is 0.944. The van der Waals surface area contributed by atoms with E-state index in [1.807, 2.05) is 13.0 Å². The van der Waals surface area contributed by atoms with Gasteiger partial charge in [0, 0.05) is 30.5 Å². The normalized spacial score (nSPS) is 15.0. The average molecular weight is 298 g/mol. The van der Waals surface area contributed by atoms with Crippen LogP contribution in [-0.4, -0.2) is 36.3 Å². The summed E-state index contributed by atoms with van der Waals surface area (Å²) in [6.07, 6.45) is 0. The summed E-state index contributed by atoms with van der Waals surface area (Å²) < 4.78 is 5.40. The highest BCUT2D eigenvalue weighted by molar-refractivity contribution is 5.65. The van der Waals surface area contributed by atoms with Gasteiger partial charge in [-0.05, 0) is 31.9 Å². The van der Waals surface area contributed by atoms with Gasteiger partial charge in [-0.2, -0.15) is 4.98 Å². The van der Waals surface area contributed by atoms with Crippen molar-refractivity contribution < 1.29 is 4.74 Å². The van der Waals surface area contributed by atoms with E-state index in [0.717, 1.165) is 49.5 Å². The molecule has 1 aliphatic rings. The molecule has 1 fully saturated rings. The molecule has 1 N–H and O–H groups in total. The molecule has 0 bridgehead atoms. The zero-order chi connectivity index (χ0) is 15.5. The second kappa shape index (κ2) is 6.32. The lowest BCUT2D eigenvalue weighted by Crippen LogP contribution is -2.37. The maximum Gasteiger partial charge on any atom is 0.227 e. The third-order valence-corrected chi connectivity index (χ3v) is 3.87. The molecule has 0 saturated carbocycles. The summed E-state index contributed by atoms with van der Waals surface area (Å²) in [6.45, 7) is 9.35. The second-order valence-electron chi connectivity index (χ2n) is 5.69. The largest absolute Gasteiger partial charge is 0.378 e. The molecule has 5 nitrogen and oxygen atoms in total. The summed E-state index contributed by atoms with van der Waals surface area (Å²) in [7, 11) is 0. The molecule has 0 radical (unpaired) electrons. The third-order valence-electron chi connectivity index (χ3n) is 3.87. The number of anilines is 3. The first-order valence-corrected chi connectivity index (χ1v) is 7.65. The number of aryl methyl sites for hydroxylation is 3. The first kappa shape index (κ1) is 14.8. The molecule has 2 aromatic rings. The second-order valence-corrected chi connectivity index (χ2v) is 5.69. The van der Waals surface area contributed by atoms with Crippen molar-refractivity contribution in [2.45, 2.75) is 20.8 Å². The first-order chi connectivity index (χ1) is 10.6. The van der Waals surface area contributed by atoms with Crippen LogP contribution in [0.15, 0.2) is 24.3 Å². The number of hydrogen-bond acceptors (Lipinski definition) is 5. The molecule has 1 aromatic heterocycles. The molecular formula is C17H22N4O. The minimum absolute atomic E-state index is 0.733. The number of nitrogens with zero attached hydrogens (tertiary/aromatic N) is 3. The summed E-state index contributed by atoms with van der Waals surface area (Å²) in [5.74, 6) is 1.61. The van der Waals surface area contributed by atoms with E-state index in [4.69, 9.17) is 4.74 Å². The molecule has 5 heteroatoms. The lowest BCUT2D eigenvalue weighted by atomic mass is 10.1. The van der Waals surface area contributed by atoms with Crippen LogP contribution in [0.1, 0.15) is 16.8 Å². The molecule has 22 heavy (non-hydrogen) atoms. The van der Waals surface area contributed by atoms with E-state index in [1.54, 1.807) is 0 Å². The Hall–Kier alpha value is -2.14. The van der Waals surface area contributed by atoms with Gasteiger partial charge in [-0.1, -0.05) is 18.2 Å². The average Bonchev–Trinajstić information content (AvgIpc) is 2.51. The van der Waals surface area contributed by atoms with Crippen LogP contribution >= 0.6 is 0 Å². The number of aromatic nitrogens is 2. The minimum Gasteiger partial charge on any atom is -0.378 e. The van der Waals surface area contributed by atoms with Crippen molar-refractivity contribution in [3.8, 4) is 0 Å². The molecular weight excluding hydrogens is 276 g/mol. The van der Waals surface area contributed by atoms with Gasteiger partial charge in [0.1, 0.15) is 5.82 Å². The van der Waals surface area contributed by atoms with E-state index in [-0.39, 0.29) is 0 Å². The number of para-hydroxylation sites is 1. The van der Waals surface area contributed by atoms with Gasteiger partial charge in [0.25, 0.3) is 0 Å². The Balaban J connectivity index is 1.89.